The van der Waals surface area contributed by atoms with Gasteiger partial charge in [-0.2, -0.15) is 0 Å². The van der Waals surface area contributed by atoms with Crippen molar-refractivity contribution in [3.05, 3.63) is 51.2 Å². The molecule has 1 aliphatic rings. The summed E-state index contributed by atoms with van der Waals surface area (Å²) >= 11 is 8.39. The molecule has 8 nitrogen and oxygen atoms in total. The Morgan fingerprint density at radius 1 is 1.32 bits per heavy atom. The summed E-state index contributed by atoms with van der Waals surface area (Å²) in [5.74, 6) is 0.121. The summed E-state index contributed by atoms with van der Waals surface area (Å²) in [6.07, 6.45) is 2.72. The van der Waals surface area contributed by atoms with Gasteiger partial charge < -0.3 is 20.2 Å². The minimum Gasteiger partial charge on any atom is -0.484 e. The number of primary amides is 1. The molecule has 0 radical (unpaired) electrons. The Hall–Kier alpha value is -2.56. The monoisotopic (exact) mass is 478 g/mol. The van der Waals surface area contributed by atoms with Crippen LogP contribution in [0.4, 0.5) is 5.00 Å². The Balaban J connectivity index is 1.34. The van der Waals surface area contributed by atoms with Crippen molar-refractivity contribution in [2.75, 3.05) is 5.32 Å². The van der Waals surface area contributed by atoms with E-state index in [1.54, 1.807) is 31.2 Å². The number of benzene rings is 1. The molecular formula is C20H19ClN4O4S2. The van der Waals surface area contributed by atoms with Crippen molar-refractivity contribution in [1.29, 1.82) is 0 Å². The molecule has 2 amide bonds. The molecule has 0 saturated heterocycles. The van der Waals surface area contributed by atoms with Crippen LogP contribution in [-0.4, -0.2) is 27.3 Å². The van der Waals surface area contributed by atoms with Crippen LogP contribution in [0.5, 0.6) is 5.75 Å². The third kappa shape index (κ3) is 5.03. The summed E-state index contributed by atoms with van der Waals surface area (Å²) in [5.41, 5.74) is 6.95. The van der Waals surface area contributed by atoms with Crippen LogP contribution in [0.15, 0.2) is 33.9 Å². The van der Waals surface area contributed by atoms with Gasteiger partial charge in [-0.1, -0.05) is 23.4 Å². The van der Waals surface area contributed by atoms with E-state index >= 15 is 0 Å². The average Bonchev–Trinajstić information content (AvgIpc) is 3.43. The van der Waals surface area contributed by atoms with Gasteiger partial charge in [0.05, 0.1) is 10.8 Å². The molecule has 1 atom stereocenters. The summed E-state index contributed by atoms with van der Waals surface area (Å²) in [6.45, 7) is 1.82. The number of thiophene rings is 1. The molecule has 4 rings (SSSR count). The second kappa shape index (κ2) is 9.29. The number of hydrogen-bond donors (Lipinski definition) is 2. The number of halogens is 1. The van der Waals surface area contributed by atoms with E-state index in [9.17, 15) is 9.59 Å². The highest BCUT2D eigenvalue weighted by Crippen LogP contribution is 2.39. The molecule has 0 bridgehead atoms. The number of anilines is 1. The normalized spacial score (nSPS) is 13.6. The van der Waals surface area contributed by atoms with Gasteiger partial charge in [0.25, 0.3) is 17.0 Å². The number of carbonyl (C=O) groups excluding carboxylic acids is 2. The van der Waals surface area contributed by atoms with E-state index in [-0.39, 0.29) is 23.6 Å². The van der Waals surface area contributed by atoms with E-state index in [0.717, 1.165) is 41.5 Å². The molecule has 1 aromatic carbocycles. The number of amides is 2. The number of nitrogens with zero attached hydrogens (tertiary/aromatic N) is 2. The third-order valence-corrected chi connectivity index (χ3v) is 7.07. The lowest BCUT2D eigenvalue weighted by Gasteiger charge is -2.10. The fraction of sp³-hybridized carbons (Fsp3) is 0.300. The topological polar surface area (TPSA) is 120 Å². The van der Waals surface area contributed by atoms with Crippen LogP contribution in [0.2, 0.25) is 5.02 Å². The second-order valence-electron chi connectivity index (χ2n) is 6.88. The van der Waals surface area contributed by atoms with Crippen molar-refractivity contribution in [1.82, 2.24) is 10.2 Å². The summed E-state index contributed by atoms with van der Waals surface area (Å²) in [7, 11) is 0. The molecule has 31 heavy (non-hydrogen) atoms. The Labute approximate surface area is 191 Å². The number of rotatable bonds is 8. The minimum absolute atomic E-state index is 0.0957. The van der Waals surface area contributed by atoms with E-state index in [0.29, 0.717) is 21.3 Å². The molecule has 0 unspecified atom stereocenters. The maximum Gasteiger partial charge on any atom is 0.277 e. The molecule has 2 heterocycles. The number of carbonyl (C=O) groups is 2. The van der Waals surface area contributed by atoms with Crippen molar-refractivity contribution in [3.63, 3.8) is 0 Å². The second-order valence-corrected chi connectivity index (χ2v) is 9.71. The smallest absolute Gasteiger partial charge is 0.277 e. The summed E-state index contributed by atoms with van der Waals surface area (Å²) in [5, 5.41) is 11.6. The average molecular weight is 479 g/mol. The highest BCUT2D eigenvalue weighted by Gasteiger charge is 2.27. The molecule has 3 aromatic rings. The van der Waals surface area contributed by atoms with Gasteiger partial charge >= 0.3 is 0 Å². The molecule has 11 heteroatoms. The van der Waals surface area contributed by atoms with Crippen LogP contribution in [0, 0.1) is 0 Å². The maximum absolute atomic E-state index is 12.7. The number of nitrogens with two attached hydrogens (primary N) is 1. The van der Waals surface area contributed by atoms with Gasteiger partial charge in [-0.15, -0.1) is 21.5 Å². The fourth-order valence-corrected chi connectivity index (χ4v) is 5.32. The number of fused-ring (bicyclic) bond motifs is 1. The zero-order chi connectivity index (χ0) is 22.0. The van der Waals surface area contributed by atoms with Crippen molar-refractivity contribution in [2.45, 2.75) is 43.3 Å². The minimum atomic E-state index is -0.525. The first kappa shape index (κ1) is 21.7. The standard InChI is InChI=1S/C20H19ClN4O4S2/c1-10(18(27)23-19-16(17(22)26)13-3-2-4-14(13)31-19)30-20-25-24-15(29-20)9-28-12-7-5-11(21)6-8-12/h5-8,10H,2-4,9H2,1H3,(H2,22,26)(H,23,27)/t10-/m0/s1. The van der Waals surface area contributed by atoms with Gasteiger partial charge in [-0.25, -0.2) is 0 Å². The first-order valence-corrected chi connectivity index (χ1v) is 11.6. The van der Waals surface area contributed by atoms with Gasteiger partial charge in [-0.3, -0.25) is 9.59 Å². The first-order chi connectivity index (χ1) is 14.9. The summed E-state index contributed by atoms with van der Waals surface area (Å²) in [4.78, 5) is 25.7. The maximum atomic E-state index is 12.7. The molecular weight excluding hydrogens is 460 g/mol. The SMILES string of the molecule is C[C@H](Sc1nnc(COc2ccc(Cl)cc2)o1)C(=O)Nc1sc2c(c1C(N)=O)CCC2. The van der Waals surface area contributed by atoms with E-state index in [2.05, 4.69) is 15.5 Å². The van der Waals surface area contributed by atoms with Crippen molar-refractivity contribution >= 4 is 51.5 Å². The first-order valence-electron chi connectivity index (χ1n) is 9.53. The highest BCUT2D eigenvalue weighted by molar-refractivity contribution is 8.00. The number of aryl methyl sites for hydroxylation is 1. The lowest BCUT2D eigenvalue weighted by Crippen LogP contribution is -2.24. The quantitative estimate of drug-likeness (QED) is 0.468. The van der Waals surface area contributed by atoms with Crippen LogP contribution in [0.3, 0.4) is 0 Å². The van der Waals surface area contributed by atoms with Gasteiger partial charge in [0, 0.05) is 9.90 Å². The molecule has 0 spiro atoms. The van der Waals surface area contributed by atoms with Crippen molar-refractivity contribution in [2.24, 2.45) is 5.73 Å². The molecule has 3 N–H and O–H groups in total. The van der Waals surface area contributed by atoms with Gasteiger partial charge in [-0.05, 0) is 56.0 Å². The lowest BCUT2D eigenvalue weighted by atomic mass is 10.1. The Morgan fingerprint density at radius 3 is 2.84 bits per heavy atom. The molecule has 0 aliphatic heterocycles. The van der Waals surface area contributed by atoms with Gasteiger partial charge in [0.2, 0.25) is 5.91 Å². The Kier molecular flexibility index (Phi) is 6.49. The van der Waals surface area contributed by atoms with Crippen LogP contribution < -0.4 is 15.8 Å². The zero-order valence-electron chi connectivity index (χ0n) is 16.5. The van der Waals surface area contributed by atoms with E-state index < -0.39 is 11.2 Å². The zero-order valence-corrected chi connectivity index (χ0v) is 18.9. The molecule has 0 fully saturated rings. The predicted octanol–water partition coefficient (Wildman–Crippen LogP) is 4.07. The van der Waals surface area contributed by atoms with Crippen LogP contribution in [-0.2, 0) is 24.2 Å². The number of ether oxygens (including phenoxy) is 1. The number of hydrogen-bond acceptors (Lipinski definition) is 8. The van der Waals surface area contributed by atoms with Crippen molar-refractivity contribution in [3.8, 4) is 5.75 Å². The number of aromatic nitrogens is 2. The fourth-order valence-electron chi connectivity index (χ4n) is 3.19. The van der Waals surface area contributed by atoms with Crippen LogP contribution >= 0.6 is 34.7 Å². The van der Waals surface area contributed by atoms with E-state index in [1.165, 1.54) is 11.3 Å². The molecule has 0 saturated carbocycles. The van der Waals surface area contributed by atoms with Crippen LogP contribution in [0.25, 0.3) is 0 Å². The van der Waals surface area contributed by atoms with E-state index in [1.807, 2.05) is 0 Å². The Morgan fingerprint density at radius 2 is 2.10 bits per heavy atom. The largest absolute Gasteiger partial charge is 0.484 e. The number of thioether (sulfide) groups is 1. The Bertz CT molecular complexity index is 1110. The molecule has 1 aliphatic carbocycles. The summed E-state index contributed by atoms with van der Waals surface area (Å²) in [6, 6.07) is 6.92. The lowest BCUT2D eigenvalue weighted by molar-refractivity contribution is -0.115. The molecule has 162 valence electrons. The predicted molar refractivity (Wildman–Crippen MR) is 119 cm³/mol. The van der Waals surface area contributed by atoms with Crippen LogP contribution in [0.1, 0.15) is 40.0 Å². The highest BCUT2D eigenvalue weighted by atomic mass is 35.5. The summed E-state index contributed by atoms with van der Waals surface area (Å²) < 4.78 is 11.1. The molecule has 2 aromatic heterocycles. The van der Waals surface area contributed by atoms with Gasteiger partial charge in [0.15, 0.2) is 6.61 Å². The third-order valence-electron chi connectivity index (χ3n) is 4.68. The van der Waals surface area contributed by atoms with E-state index in [4.69, 9.17) is 26.5 Å². The van der Waals surface area contributed by atoms with Crippen molar-refractivity contribution < 1.29 is 18.7 Å². The van der Waals surface area contributed by atoms with Gasteiger partial charge in [0.1, 0.15) is 10.8 Å². The number of nitrogens with one attached hydrogen (secondary N) is 1.